The third kappa shape index (κ3) is 2.69. The van der Waals surface area contributed by atoms with Crippen LogP contribution in [0.3, 0.4) is 0 Å². The molecule has 0 radical (unpaired) electrons. The van der Waals surface area contributed by atoms with Gasteiger partial charge in [-0.05, 0) is 56.5 Å². The largest absolute Gasteiger partial charge is 0.392 e. The van der Waals surface area contributed by atoms with Gasteiger partial charge in [0.15, 0.2) is 0 Å². The molecule has 1 aromatic heterocycles. The van der Waals surface area contributed by atoms with Crippen molar-refractivity contribution < 1.29 is 5.11 Å². The van der Waals surface area contributed by atoms with E-state index in [4.69, 9.17) is 5.11 Å². The van der Waals surface area contributed by atoms with E-state index in [1.54, 1.807) is 11.3 Å². The van der Waals surface area contributed by atoms with Crippen molar-refractivity contribution in [3.05, 3.63) is 24.8 Å². The molecule has 0 amide bonds. The monoisotopic (exact) mass is 310 g/mol. The first kappa shape index (κ1) is 10.4. The molecule has 4 heteroatoms. The molecule has 0 aliphatic carbocycles. The van der Waals surface area contributed by atoms with Crippen LogP contribution in [0.25, 0.3) is 6.08 Å². The van der Waals surface area contributed by atoms with Crippen molar-refractivity contribution >= 4 is 49.3 Å². The average Bonchev–Trinajstić information content (AvgIpc) is 2.31. The minimum Gasteiger partial charge on any atom is -0.392 e. The maximum atomic E-state index is 8.79. The highest BCUT2D eigenvalue weighted by Crippen LogP contribution is 2.33. The van der Waals surface area contributed by atoms with E-state index in [1.807, 2.05) is 19.1 Å². The predicted octanol–water partition coefficient (Wildman–Crippen LogP) is 3.67. The molecule has 1 aromatic rings. The van der Waals surface area contributed by atoms with Crippen molar-refractivity contribution in [1.29, 1.82) is 0 Å². The van der Waals surface area contributed by atoms with E-state index < -0.39 is 0 Å². The van der Waals surface area contributed by atoms with Crippen LogP contribution >= 0.6 is 43.2 Å². The molecule has 0 bridgehead atoms. The highest BCUT2D eigenvalue weighted by molar-refractivity contribution is 9.13. The van der Waals surface area contributed by atoms with Gasteiger partial charge in [-0.2, -0.15) is 0 Å². The third-order valence-electron chi connectivity index (χ3n) is 1.30. The number of aliphatic hydroxyl groups is 1. The van der Waals surface area contributed by atoms with Crippen LogP contribution in [0.2, 0.25) is 0 Å². The summed E-state index contributed by atoms with van der Waals surface area (Å²) in [6.07, 6.45) is 1.97. The SMILES string of the molecule is CC(=Cc1cc(Br)c(Br)s1)CO. The summed E-state index contributed by atoms with van der Waals surface area (Å²) in [6.45, 7) is 2.02. The first-order chi connectivity index (χ1) is 5.63. The summed E-state index contributed by atoms with van der Waals surface area (Å²) < 4.78 is 2.14. The van der Waals surface area contributed by atoms with Crippen LogP contribution in [0.5, 0.6) is 0 Å². The standard InChI is InChI=1S/C8H8Br2OS/c1-5(4-11)2-6-3-7(9)8(10)12-6/h2-3,11H,4H2,1H3. The Morgan fingerprint density at radius 2 is 2.33 bits per heavy atom. The second-order valence-corrected chi connectivity index (χ2v) is 5.68. The maximum Gasteiger partial charge on any atom is 0.0846 e. The maximum absolute atomic E-state index is 8.79. The second kappa shape index (κ2) is 4.56. The summed E-state index contributed by atoms with van der Waals surface area (Å²) in [5, 5.41) is 8.79. The van der Waals surface area contributed by atoms with E-state index in [0.29, 0.717) is 0 Å². The molecule has 1 nitrogen and oxygen atoms in total. The lowest BCUT2D eigenvalue weighted by molar-refractivity contribution is 0.332. The van der Waals surface area contributed by atoms with Crippen LogP contribution in [0.15, 0.2) is 19.9 Å². The molecule has 0 saturated carbocycles. The number of thiophene rings is 1. The first-order valence-electron chi connectivity index (χ1n) is 3.36. The van der Waals surface area contributed by atoms with Crippen molar-refractivity contribution in [2.45, 2.75) is 6.92 Å². The number of rotatable bonds is 2. The molecule has 12 heavy (non-hydrogen) atoms. The number of hydrogen-bond acceptors (Lipinski definition) is 2. The van der Waals surface area contributed by atoms with Gasteiger partial charge in [-0.25, -0.2) is 0 Å². The van der Waals surface area contributed by atoms with Crippen LogP contribution in [0, 0.1) is 0 Å². The quantitative estimate of drug-likeness (QED) is 0.883. The molecule has 0 fully saturated rings. The molecule has 0 atom stereocenters. The lowest BCUT2D eigenvalue weighted by Crippen LogP contribution is -1.81. The van der Waals surface area contributed by atoms with Crippen LogP contribution in [0.4, 0.5) is 0 Å². The summed E-state index contributed by atoms with van der Waals surface area (Å²) in [6, 6.07) is 2.02. The number of halogens is 2. The Hall–Kier alpha value is 0.360. The first-order valence-corrected chi connectivity index (χ1v) is 5.76. The minimum atomic E-state index is 0.118. The summed E-state index contributed by atoms with van der Waals surface area (Å²) >= 11 is 8.45. The molecule has 0 unspecified atom stereocenters. The van der Waals surface area contributed by atoms with Crippen molar-refractivity contribution in [3.8, 4) is 0 Å². The third-order valence-corrected chi connectivity index (χ3v) is 4.51. The van der Waals surface area contributed by atoms with Crippen molar-refractivity contribution in [2.75, 3.05) is 6.61 Å². The van der Waals surface area contributed by atoms with E-state index in [9.17, 15) is 0 Å². The van der Waals surface area contributed by atoms with Crippen LogP contribution in [-0.2, 0) is 0 Å². The van der Waals surface area contributed by atoms with Gasteiger partial charge >= 0.3 is 0 Å². The molecule has 0 aromatic carbocycles. The summed E-state index contributed by atoms with van der Waals surface area (Å²) in [4.78, 5) is 1.14. The Labute approximate surface area is 92.4 Å². The van der Waals surface area contributed by atoms with Gasteiger partial charge in [0.1, 0.15) is 0 Å². The lowest BCUT2D eigenvalue weighted by Gasteiger charge is -1.90. The Morgan fingerprint density at radius 1 is 1.67 bits per heavy atom. The predicted molar refractivity (Wildman–Crippen MR) is 60.5 cm³/mol. The zero-order valence-corrected chi connectivity index (χ0v) is 10.5. The van der Waals surface area contributed by atoms with Crippen molar-refractivity contribution in [1.82, 2.24) is 0 Å². The number of aliphatic hydroxyl groups excluding tert-OH is 1. The Morgan fingerprint density at radius 3 is 2.75 bits per heavy atom. The summed E-state index contributed by atoms with van der Waals surface area (Å²) in [5.74, 6) is 0. The topological polar surface area (TPSA) is 20.2 Å². The van der Waals surface area contributed by atoms with Gasteiger partial charge in [0, 0.05) is 9.35 Å². The smallest absolute Gasteiger partial charge is 0.0846 e. The molecule has 0 aliphatic rings. The van der Waals surface area contributed by atoms with Crippen molar-refractivity contribution in [2.24, 2.45) is 0 Å². The van der Waals surface area contributed by atoms with Crippen LogP contribution < -0.4 is 0 Å². The second-order valence-electron chi connectivity index (χ2n) is 2.42. The molecular formula is C8H8Br2OS. The zero-order chi connectivity index (χ0) is 9.14. The molecule has 0 saturated heterocycles. The molecule has 0 spiro atoms. The van der Waals surface area contributed by atoms with Gasteiger partial charge in [-0.1, -0.05) is 0 Å². The van der Waals surface area contributed by atoms with E-state index in [2.05, 4.69) is 31.9 Å². The average molecular weight is 312 g/mol. The van der Waals surface area contributed by atoms with E-state index >= 15 is 0 Å². The summed E-state index contributed by atoms with van der Waals surface area (Å²) in [5.41, 5.74) is 0.969. The van der Waals surface area contributed by atoms with Gasteiger partial charge in [-0.15, -0.1) is 11.3 Å². The normalized spacial score (nSPS) is 12.2. The minimum absolute atomic E-state index is 0.118. The Bertz CT molecular complexity index is 285. The van der Waals surface area contributed by atoms with Crippen LogP contribution in [0.1, 0.15) is 11.8 Å². The van der Waals surface area contributed by atoms with E-state index in [1.165, 1.54) is 0 Å². The fourth-order valence-electron chi connectivity index (χ4n) is 0.723. The molecule has 1 rings (SSSR count). The van der Waals surface area contributed by atoms with E-state index in [-0.39, 0.29) is 6.61 Å². The fourth-order valence-corrected chi connectivity index (χ4v) is 2.84. The highest BCUT2D eigenvalue weighted by Gasteiger charge is 2.01. The van der Waals surface area contributed by atoms with E-state index in [0.717, 1.165) is 18.7 Å². The van der Waals surface area contributed by atoms with Gasteiger partial charge in [0.25, 0.3) is 0 Å². The molecule has 0 aliphatic heterocycles. The number of hydrogen-bond donors (Lipinski definition) is 1. The Balaban J connectivity index is 2.90. The van der Waals surface area contributed by atoms with Gasteiger partial charge in [0.2, 0.25) is 0 Å². The fraction of sp³-hybridized carbons (Fsp3) is 0.250. The highest BCUT2D eigenvalue weighted by atomic mass is 79.9. The van der Waals surface area contributed by atoms with Gasteiger partial charge in [0.05, 0.1) is 10.4 Å². The van der Waals surface area contributed by atoms with Gasteiger partial charge in [-0.3, -0.25) is 0 Å². The molecule has 1 N–H and O–H groups in total. The Kier molecular flexibility index (Phi) is 3.96. The molecule has 66 valence electrons. The molecule has 1 heterocycles. The van der Waals surface area contributed by atoms with Crippen LogP contribution in [-0.4, -0.2) is 11.7 Å². The molecular weight excluding hydrogens is 304 g/mol. The van der Waals surface area contributed by atoms with Crippen molar-refractivity contribution in [3.63, 3.8) is 0 Å². The van der Waals surface area contributed by atoms with Gasteiger partial charge < -0.3 is 5.11 Å². The lowest BCUT2D eigenvalue weighted by atomic mass is 10.3. The zero-order valence-electron chi connectivity index (χ0n) is 6.47. The summed E-state index contributed by atoms with van der Waals surface area (Å²) in [7, 11) is 0.